The van der Waals surface area contributed by atoms with Crippen LogP contribution in [0.1, 0.15) is 31.7 Å². The van der Waals surface area contributed by atoms with Crippen LogP contribution in [0.5, 0.6) is 0 Å². The third kappa shape index (κ3) is 2.56. The molecular weight excluding hydrogens is 262 g/mol. The molecule has 0 radical (unpaired) electrons. The molecule has 110 valence electrons. The first-order valence-corrected chi connectivity index (χ1v) is 7.44. The molecular formula is C16H21N5. The second-order valence-corrected chi connectivity index (χ2v) is 5.47. The van der Waals surface area contributed by atoms with E-state index in [-0.39, 0.29) is 0 Å². The van der Waals surface area contributed by atoms with Gasteiger partial charge in [0, 0.05) is 24.2 Å². The molecule has 5 nitrogen and oxygen atoms in total. The average molecular weight is 283 g/mol. The summed E-state index contributed by atoms with van der Waals surface area (Å²) in [6.07, 6.45) is 2.90. The lowest BCUT2D eigenvalue weighted by atomic mass is 10.1. The third-order valence-electron chi connectivity index (χ3n) is 3.83. The molecule has 3 N–H and O–H groups in total. The number of fused-ring (bicyclic) bond motifs is 1. The molecule has 3 rings (SSSR count). The fraction of sp³-hybridized carbons (Fsp3) is 0.375. The fourth-order valence-electron chi connectivity index (χ4n) is 2.93. The van der Waals surface area contributed by atoms with E-state index in [1.165, 1.54) is 11.3 Å². The van der Waals surface area contributed by atoms with E-state index >= 15 is 0 Å². The van der Waals surface area contributed by atoms with Crippen molar-refractivity contribution in [2.75, 3.05) is 10.3 Å². The number of benzene rings is 1. The summed E-state index contributed by atoms with van der Waals surface area (Å²) in [5, 5.41) is 0. The number of nitrogens with two attached hydrogens (primary N) is 1. The molecule has 1 aromatic heterocycles. The number of aromatic nitrogens is 2. The molecule has 1 aromatic carbocycles. The van der Waals surface area contributed by atoms with Gasteiger partial charge in [-0.1, -0.05) is 25.1 Å². The zero-order valence-electron chi connectivity index (χ0n) is 12.5. The molecule has 0 fully saturated rings. The molecule has 0 saturated heterocycles. The summed E-state index contributed by atoms with van der Waals surface area (Å²) in [5.74, 6) is 7.97. The second-order valence-electron chi connectivity index (χ2n) is 5.47. The summed E-state index contributed by atoms with van der Waals surface area (Å²) in [7, 11) is 0. The molecule has 0 aliphatic carbocycles. The lowest BCUT2D eigenvalue weighted by Crippen LogP contribution is -2.26. The van der Waals surface area contributed by atoms with E-state index in [4.69, 9.17) is 10.8 Å². The molecule has 2 heterocycles. The van der Waals surface area contributed by atoms with Crippen LogP contribution in [-0.4, -0.2) is 16.0 Å². The Hall–Kier alpha value is -2.14. The zero-order valence-corrected chi connectivity index (χ0v) is 12.5. The van der Waals surface area contributed by atoms with Crippen LogP contribution in [0.25, 0.3) is 0 Å². The lowest BCUT2D eigenvalue weighted by molar-refractivity contribution is 0.740. The summed E-state index contributed by atoms with van der Waals surface area (Å²) in [6, 6.07) is 10.8. The number of nitrogens with zero attached hydrogens (tertiary/aromatic N) is 3. The first kappa shape index (κ1) is 13.8. The van der Waals surface area contributed by atoms with Crippen LogP contribution >= 0.6 is 0 Å². The lowest BCUT2D eigenvalue weighted by Gasteiger charge is -2.24. The van der Waals surface area contributed by atoms with Crippen molar-refractivity contribution in [3.05, 3.63) is 41.7 Å². The minimum Gasteiger partial charge on any atom is -0.323 e. The molecule has 0 amide bonds. The van der Waals surface area contributed by atoms with Crippen LogP contribution < -0.4 is 16.2 Å². The Morgan fingerprint density at radius 3 is 2.90 bits per heavy atom. The molecule has 1 unspecified atom stereocenters. The molecule has 1 atom stereocenters. The number of nitrogen functional groups attached to an aromatic ring is 1. The number of anilines is 3. The number of hydrogen-bond acceptors (Lipinski definition) is 5. The minimum absolute atomic E-state index is 0.386. The van der Waals surface area contributed by atoms with Crippen LogP contribution in [0, 0.1) is 0 Å². The number of rotatable bonds is 4. The maximum Gasteiger partial charge on any atom is 0.145 e. The van der Waals surface area contributed by atoms with E-state index in [2.05, 4.69) is 53.4 Å². The van der Waals surface area contributed by atoms with E-state index in [9.17, 15) is 0 Å². The standard InChI is InChI=1S/C16H21N5/c1-3-6-14-18-15(20-17)10-16(19-14)21-11(2)9-12-7-4-5-8-13(12)21/h4-5,7-8,10-11H,3,6,9,17H2,1-2H3,(H,18,19,20). The molecule has 21 heavy (non-hydrogen) atoms. The number of nitrogens with one attached hydrogen (secondary N) is 1. The van der Waals surface area contributed by atoms with Gasteiger partial charge in [0.25, 0.3) is 0 Å². The first-order chi connectivity index (χ1) is 10.2. The Kier molecular flexibility index (Phi) is 3.75. The van der Waals surface area contributed by atoms with Crippen molar-refractivity contribution >= 4 is 17.3 Å². The normalized spacial score (nSPS) is 16.9. The Morgan fingerprint density at radius 1 is 1.33 bits per heavy atom. The highest BCUT2D eigenvalue weighted by Crippen LogP contribution is 2.37. The highest BCUT2D eigenvalue weighted by molar-refractivity contribution is 5.70. The van der Waals surface area contributed by atoms with E-state index in [1.807, 2.05) is 6.07 Å². The largest absolute Gasteiger partial charge is 0.323 e. The molecule has 0 spiro atoms. The fourth-order valence-corrected chi connectivity index (χ4v) is 2.93. The minimum atomic E-state index is 0.386. The first-order valence-electron chi connectivity index (χ1n) is 7.44. The van der Waals surface area contributed by atoms with Gasteiger partial charge in [-0.05, 0) is 31.4 Å². The Labute approximate surface area is 125 Å². The van der Waals surface area contributed by atoms with E-state index in [0.29, 0.717) is 11.9 Å². The van der Waals surface area contributed by atoms with Crippen LogP contribution in [0.3, 0.4) is 0 Å². The predicted molar refractivity (Wildman–Crippen MR) is 85.6 cm³/mol. The second kappa shape index (κ2) is 5.69. The third-order valence-corrected chi connectivity index (χ3v) is 3.83. The van der Waals surface area contributed by atoms with Crippen molar-refractivity contribution in [3.8, 4) is 0 Å². The van der Waals surface area contributed by atoms with Crippen molar-refractivity contribution in [3.63, 3.8) is 0 Å². The van der Waals surface area contributed by atoms with Gasteiger partial charge in [-0.25, -0.2) is 15.8 Å². The average Bonchev–Trinajstić information content (AvgIpc) is 2.83. The number of aryl methyl sites for hydroxylation is 1. The van der Waals surface area contributed by atoms with Gasteiger partial charge in [-0.3, -0.25) is 0 Å². The van der Waals surface area contributed by atoms with Crippen molar-refractivity contribution in [2.45, 2.75) is 39.2 Å². The molecule has 1 aliphatic rings. The quantitative estimate of drug-likeness (QED) is 0.667. The summed E-state index contributed by atoms with van der Waals surface area (Å²) < 4.78 is 0. The molecule has 0 bridgehead atoms. The monoisotopic (exact) mass is 283 g/mol. The van der Waals surface area contributed by atoms with Gasteiger partial charge >= 0.3 is 0 Å². The Morgan fingerprint density at radius 2 is 2.14 bits per heavy atom. The number of hydrazine groups is 1. The summed E-state index contributed by atoms with van der Waals surface area (Å²) in [6.45, 7) is 4.34. The Balaban J connectivity index is 2.05. The van der Waals surface area contributed by atoms with E-state index in [1.54, 1.807) is 0 Å². The summed E-state index contributed by atoms with van der Waals surface area (Å²) in [4.78, 5) is 11.4. The number of para-hydroxylation sites is 1. The smallest absolute Gasteiger partial charge is 0.145 e. The van der Waals surface area contributed by atoms with Crippen molar-refractivity contribution in [1.82, 2.24) is 9.97 Å². The highest BCUT2D eigenvalue weighted by atomic mass is 15.3. The SMILES string of the molecule is CCCc1nc(NN)cc(N2c3ccccc3CC2C)n1. The summed E-state index contributed by atoms with van der Waals surface area (Å²) in [5.41, 5.74) is 5.25. The van der Waals surface area contributed by atoms with Crippen LogP contribution in [-0.2, 0) is 12.8 Å². The van der Waals surface area contributed by atoms with Gasteiger partial charge in [0.2, 0.25) is 0 Å². The molecule has 5 heteroatoms. The Bertz CT molecular complexity index is 640. The van der Waals surface area contributed by atoms with Gasteiger partial charge in [0.1, 0.15) is 17.5 Å². The predicted octanol–water partition coefficient (Wildman–Crippen LogP) is 2.80. The molecule has 1 aliphatic heterocycles. The highest BCUT2D eigenvalue weighted by Gasteiger charge is 2.28. The van der Waals surface area contributed by atoms with Crippen LogP contribution in [0.4, 0.5) is 17.3 Å². The molecule has 2 aromatic rings. The van der Waals surface area contributed by atoms with Crippen LogP contribution in [0.15, 0.2) is 30.3 Å². The van der Waals surface area contributed by atoms with Gasteiger partial charge in [-0.15, -0.1) is 0 Å². The topological polar surface area (TPSA) is 67.1 Å². The summed E-state index contributed by atoms with van der Waals surface area (Å²) >= 11 is 0. The van der Waals surface area contributed by atoms with Gasteiger partial charge in [0.15, 0.2) is 0 Å². The van der Waals surface area contributed by atoms with Gasteiger partial charge in [0.05, 0.1) is 0 Å². The maximum atomic E-state index is 5.55. The van der Waals surface area contributed by atoms with Crippen LogP contribution in [0.2, 0.25) is 0 Å². The zero-order chi connectivity index (χ0) is 14.8. The van der Waals surface area contributed by atoms with Crippen molar-refractivity contribution in [2.24, 2.45) is 5.84 Å². The molecule has 0 saturated carbocycles. The van der Waals surface area contributed by atoms with Gasteiger partial charge < -0.3 is 10.3 Å². The van der Waals surface area contributed by atoms with Crippen molar-refractivity contribution < 1.29 is 0 Å². The maximum absolute atomic E-state index is 5.55. The van der Waals surface area contributed by atoms with Gasteiger partial charge in [-0.2, -0.15) is 0 Å². The number of hydrogen-bond donors (Lipinski definition) is 2. The van der Waals surface area contributed by atoms with Crippen molar-refractivity contribution in [1.29, 1.82) is 0 Å². The van der Waals surface area contributed by atoms with E-state index < -0.39 is 0 Å². The van der Waals surface area contributed by atoms with E-state index in [0.717, 1.165) is 30.9 Å².